The van der Waals surface area contributed by atoms with Crippen LogP contribution in [0.25, 0.3) is 0 Å². The van der Waals surface area contributed by atoms with Crippen LogP contribution in [0.4, 0.5) is 5.69 Å². The van der Waals surface area contributed by atoms with Crippen LogP contribution in [0.5, 0.6) is 0 Å². The average molecular weight is 343 g/mol. The lowest BCUT2D eigenvalue weighted by Gasteiger charge is -2.27. The number of hydrogen-bond donors (Lipinski definition) is 2. The number of pyridine rings is 1. The monoisotopic (exact) mass is 342 g/mol. The number of halogens is 1. The van der Waals surface area contributed by atoms with Crippen molar-refractivity contribution in [3.63, 3.8) is 0 Å². The highest BCUT2D eigenvalue weighted by atomic mass is 35.5. The third-order valence-corrected chi connectivity index (χ3v) is 4.19. The van der Waals surface area contributed by atoms with Gasteiger partial charge in [0.2, 0.25) is 0 Å². The van der Waals surface area contributed by atoms with Gasteiger partial charge in [0.15, 0.2) is 0 Å². The van der Waals surface area contributed by atoms with Crippen molar-refractivity contribution in [2.45, 2.75) is 44.8 Å². The van der Waals surface area contributed by atoms with Gasteiger partial charge < -0.3 is 10.4 Å². The van der Waals surface area contributed by atoms with Gasteiger partial charge in [-0.15, -0.1) is 0 Å². The Balaban J connectivity index is 1.82. The molecule has 3 rings (SSSR count). The molecule has 0 saturated heterocycles. The van der Waals surface area contributed by atoms with Gasteiger partial charge in [0.05, 0.1) is 29.2 Å². The minimum absolute atomic E-state index is 0.215. The fourth-order valence-corrected chi connectivity index (χ4v) is 2.91. The quantitative estimate of drug-likeness (QED) is 0.648. The van der Waals surface area contributed by atoms with Gasteiger partial charge in [-0.2, -0.15) is 0 Å². The molecule has 0 amide bonds. The molecule has 24 heavy (non-hydrogen) atoms. The number of aromatic nitrogens is 3. The van der Waals surface area contributed by atoms with Crippen LogP contribution in [0.2, 0.25) is 5.15 Å². The Bertz CT molecular complexity index is 767. The van der Waals surface area contributed by atoms with Gasteiger partial charge in [-0.1, -0.05) is 17.5 Å². The van der Waals surface area contributed by atoms with Crippen molar-refractivity contribution in [3.05, 3.63) is 46.8 Å². The summed E-state index contributed by atoms with van der Waals surface area (Å²) < 4.78 is 0. The van der Waals surface area contributed by atoms with Crippen molar-refractivity contribution in [2.75, 3.05) is 5.32 Å². The lowest BCUT2D eigenvalue weighted by Crippen LogP contribution is -2.30. The molecule has 0 unspecified atom stereocenters. The summed E-state index contributed by atoms with van der Waals surface area (Å²) in [6.07, 6.45) is 8.38. The van der Waals surface area contributed by atoms with Crippen LogP contribution in [0.1, 0.15) is 42.6 Å². The third-order valence-electron chi connectivity index (χ3n) is 3.98. The summed E-state index contributed by atoms with van der Waals surface area (Å²) in [7, 11) is 0. The average Bonchev–Trinajstić information content (AvgIpc) is 2.56. The van der Waals surface area contributed by atoms with E-state index in [0.717, 1.165) is 42.6 Å². The van der Waals surface area contributed by atoms with Crippen molar-refractivity contribution in [2.24, 2.45) is 0 Å². The van der Waals surface area contributed by atoms with Gasteiger partial charge in [-0.25, -0.2) is 9.97 Å². The van der Waals surface area contributed by atoms with E-state index in [1.54, 1.807) is 24.7 Å². The normalized spacial score (nSPS) is 20.1. The van der Waals surface area contributed by atoms with E-state index in [-0.39, 0.29) is 12.1 Å². The van der Waals surface area contributed by atoms with Gasteiger partial charge >= 0.3 is 0 Å². The molecule has 1 aliphatic carbocycles. The van der Waals surface area contributed by atoms with E-state index in [2.05, 4.69) is 32.1 Å². The molecule has 5 nitrogen and oxygen atoms in total. The van der Waals surface area contributed by atoms with Crippen molar-refractivity contribution < 1.29 is 5.11 Å². The molecule has 124 valence electrons. The first-order valence-electron chi connectivity index (χ1n) is 8.01. The molecule has 6 heteroatoms. The first-order chi connectivity index (χ1) is 11.6. The van der Waals surface area contributed by atoms with E-state index in [1.807, 2.05) is 6.92 Å². The van der Waals surface area contributed by atoms with Crippen molar-refractivity contribution >= 4 is 17.3 Å². The summed E-state index contributed by atoms with van der Waals surface area (Å²) >= 11 is 6.03. The van der Waals surface area contributed by atoms with Crippen LogP contribution < -0.4 is 5.32 Å². The van der Waals surface area contributed by atoms with Crippen molar-refractivity contribution in [1.82, 2.24) is 15.0 Å². The molecule has 1 aliphatic rings. The van der Waals surface area contributed by atoms with Crippen LogP contribution in [-0.4, -0.2) is 32.2 Å². The smallest absolute Gasteiger partial charge is 0.131 e. The number of nitrogens with zero attached hydrogens (tertiary/aromatic N) is 3. The van der Waals surface area contributed by atoms with Gasteiger partial charge in [0, 0.05) is 18.4 Å². The van der Waals surface area contributed by atoms with Crippen LogP contribution in [0.15, 0.2) is 24.7 Å². The second kappa shape index (κ2) is 7.61. The Morgan fingerprint density at radius 3 is 2.79 bits per heavy atom. The zero-order valence-corrected chi connectivity index (χ0v) is 14.2. The van der Waals surface area contributed by atoms with E-state index < -0.39 is 0 Å². The van der Waals surface area contributed by atoms with Crippen LogP contribution in [0, 0.1) is 18.8 Å². The summed E-state index contributed by atoms with van der Waals surface area (Å²) in [5.74, 6) is 6.08. The topological polar surface area (TPSA) is 70.9 Å². The standard InChI is InChI=1S/C18H19ClN4O/c1-12-9-21-15(11-20-12)6-5-13-10-22-18(19)8-17(13)23-14-3-2-4-16(24)7-14/h8-11,14,16,24H,2-4,7H2,1H3,(H,22,23)/t14-,16+/m1/s1. The molecule has 0 radical (unpaired) electrons. The molecule has 2 heterocycles. The second-order valence-corrected chi connectivity index (χ2v) is 6.39. The number of aryl methyl sites for hydroxylation is 1. The summed E-state index contributed by atoms with van der Waals surface area (Å²) in [6.45, 7) is 1.88. The molecule has 2 atom stereocenters. The predicted molar refractivity (Wildman–Crippen MR) is 93.9 cm³/mol. The molecule has 2 aromatic heterocycles. The van der Waals surface area contributed by atoms with Gasteiger partial charge in [0.25, 0.3) is 0 Å². The maximum atomic E-state index is 9.83. The predicted octanol–water partition coefficient (Wildman–Crippen LogP) is 2.95. The molecule has 0 bridgehead atoms. The molecule has 0 aromatic carbocycles. The maximum Gasteiger partial charge on any atom is 0.131 e. The van der Waals surface area contributed by atoms with Gasteiger partial charge in [-0.05, 0) is 44.6 Å². The van der Waals surface area contributed by atoms with E-state index >= 15 is 0 Å². The molecule has 2 N–H and O–H groups in total. The van der Waals surface area contributed by atoms with Crippen LogP contribution in [-0.2, 0) is 0 Å². The highest BCUT2D eigenvalue weighted by Crippen LogP contribution is 2.25. The molecule has 1 saturated carbocycles. The van der Waals surface area contributed by atoms with Gasteiger partial charge in [-0.3, -0.25) is 4.98 Å². The van der Waals surface area contributed by atoms with Crippen LogP contribution >= 0.6 is 11.6 Å². The summed E-state index contributed by atoms with van der Waals surface area (Å²) in [6, 6.07) is 1.99. The SMILES string of the molecule is Cc1cnc(C#Cc2cnc(Cl)cc2N[C@@H]2CCC[C@H](O)C2)cn1. The minimum atomic E-state index is -0.245. The third kappa shape index (κ3) is 4.44. The lowest BCUT2D eigenvalue weighted by molar-refractivity contribution is 0.124. The number of rotatable bonds is 2. The molecule has 1 fully saturated rings. The zero-order valence-electron chi connectivity index (χ0n) is 13.5. The van der Waals surface area contributed by atoms with E-state index in [0.29, 0.717) is 10.8 Å². The highest BCUT2D eigenvalue weighted by molar-refractivity contribution is 6.29. The zero-order chi connectivity index (χ0) is 16.9. The Morgan fingerprint density at radius 1 is 1.17 bits per heavy atom. The van der Waals surface area contributed by atoms with E-state index in [9.17, 15) is 5.11 Å². The first kappa shape index (κ1) is 16.7. The number of aliphatic hydroxyl groups excluding tert-OH is 1. The number of aliphatic hydroxyl groups is 1. The largest absolute Gasteiger partial charge is 0.393 e. The Kier molecular flexibility index (Phi) is 5.29. The molecule has 0 spiro atoms. The first-order valence-corrected chi connectivity index (χ1v) is 8.39. The minimum Gasteiger partial charge on any atom is -0.393 e. The maximum absolute atomic E-state index is 9.83. The molecular weight excluding hydrogens is 324 g/mol. The number of nitrogens with one attached hydrogen (secondary N) is 1. The lowest BCUT2D eigenvalue weighted by atomic mass is 9.93. The summed E-state index contributed by atoms with van der Waals surface area (Å²) in [5.41, 5.74) is 3.05. The highest BCUT2D eigenvalue weighted by Gasteiger charge is 2.20. The van der Waals surface area contributed by atoms with E-state index in [4.69, 9.17) is 11.6 Å². The molecular formula is C18H19ClN4O. The number of hydrogen-bond acceptors (Lipinski definition) is 5. The summed E-state index contributed by atoms with van der Waals surface area (Å²) in [4.78, 5) is 12.5. The Morgan fingerprint density at radius 2 is 2.04 bits per heavy atom. The Hall–Kier alpha value is -2.16. The summed E-state index contributed by atoms with van der Waals surface area (Å²) in [5, 5.41) is 13.7. The number of anilines is 1. The fraction of sp³-hybridized carbons (Fsp3) is 0.389. The van der Waals surface area contributed by atoms with E-state index in [1.165, 1.54) is 0 Å². The fourth-order valence-electron chi connectivity index (χ4n) is 2.75. The van der Waals surface area contributed by atoms with Gasteiger partial charge in [0.1, 0.15) is 10.8 Å². The Labute approximate surface area is 146 Å². The molecule has 0 aliphatic heterocycles. The molecule has 2 aromatic rings. The second-order valence-electron chi connectivity index (χ2n) is 6.01. The van der Waals surface area contributed by atoms with Crippen LogP contribution in [0.3, 0.4) is 0 Å². The van der Waals surface area contributed by atoms with Crippen molar-refractivity contribution in [3.8, 4) is 11.8 Å². The van der Waals surface area contributed by atoms with Crippen molar-refractivity contribution in [1.29, 1.82) is 0 Å².